The van der Waals surface area contributed by atoms with Gasteiger partial charge < -0.3 is 10.5 Å². The van der Waals surface area contributed by atoms with Crippen molar-refractivity contribution in [2.45, 2.75) is 39.7 Å². The minimum atomic E-state index is -0.157. The minimum Gasteiger partial charge on any atom is -0.469 e. The van der Waals surface area contributed by atoms with Crippen molar-refractivity contribution < 1.29 is 9.53 Å². The van der Waals surface area contributed by atoms with Gasteiger partial charge in [-0.3, -0.25) is 4.79 Å². The molecule has 1 atom stereocenters. The van der Waals surface area contributed by atoms with Crippen LogP contribution in [0.5, 0.6) is 0 Å². The molecule has 4 heteroatoms. The molecule has 13 heavy (non-hydrogen) atoms. The average molecular weight is 210 g/mol. The van der Waals surface area contributed by atoms with E-state index in [1.54, 1.807) is 6.92 Å². The monoisotopic (exact) mass is 209 g/mol. The Hall–Kier alpha value is -0.280. The van der Waals surface area contributed by atoms with Crippen LogP contribution < -0.4 is 5.73 Å². The molecular formula is C9H20ClNO2. The highest BCUT2D eigenvalue weighted by Crippen LogP contribution is 2.42. The van der Waals surface area contributed by atoms with Crippen molar-refractivity contribution in [2.75, 3.05) is 7.11 Å². The summed E-state index contributed by atoms with van der Waals surface area (Å²) in [5.41, 5.74) is 5.99. The molecule has 0 bridgehead atoms. The Morgan fingerprint density at radius 1 is 1.62 bits per heavy atom. The number of carbonyl (C=O) groups is 1. The summed E-state index contributed by atoms with van der Waals surface area (Å²) in [5, 5.41) is 0. The topological polar surface area (TPSA) is 52.3 Å². The van der Waals surface area contributed by atoms with Crippen LogP contribution in [0.3, 0.4) is 0 Å². The summed E-state index contributed by atoms with van der Waals surface area (Å²) < 4.78 is 4.26. The highest BCUT2D eigenvalue weighted by atomic mass is 35.5. The van der Waals surface area contributed by atoms with Crippen molar-refractivity contribution >= 4 is 18.4 Å². The van der Waals surface area contributed by atoms with E-state index < -0.39 is 0 Å². The lowest BCUT2D eigenvalue weighted by Gasteiger charge is -1.91. The Balaban J connectivity index is 0. The third kappa shape index (κ3) is 6.84. The van der Waals surface area contributed by atoms with E-state index in [0.717, 1.165) is 0 Å². The number of hydrogen-bond acceptors (Lipinski definition) is 3. The molecule has 0 aromatic carbocycles. The number of rotatable bonds is 1. The summed E-state index contributed by atoms with van der Waals surface area (Å²) in [6.45, 7) is 6.14. The fourth-order valence-corrected chi connectivity index (χ4v) is 0.652. The fraction of sp³-hybridized carbons (Fsp3) is 0.889. The van der Waals surface area contributed by atoms with Gasteiger partial charge >= 0.3 is 5.97 Å². The van der Waals surface area contributed by atoms with E-state index in [4.69, 9.17) is 5.73 Å². The summed E-state index contributed by atoms with van der Waals surface area (Å²) in [7, 11) is 1.38. The highest BCUT2D eigenvalue weighted by Gasteiger charge is 2.42. The highest BCUT2D eigenvalue weighted by molar-refractivity contribution is 5.85. The first-order valence-electron chi connectivity index (χ1n) is 4.26. The Bertz CT molecular complexity index is 154. The van der Waals surface area contributed by atoms with Crippen LogP contribution in [0, 0.1) is 5.41 Å². The Morgan fingerprint density at radius 3 is 1.92 bits per heavy atom. The van der Waals surface area contributed by atoms with E-state index in [1.165, 1.54) is 13.5 Å². The lowest BCUT2D eigenvalue weighted by atomic mass is 10.2. The Labute approximate surface area is 86.4 Å². The van der Waals surface area contributed by atoms with Crippen molar-refractivity contribution in [2.24, 2.45) is 11.1 Å². The number of halogens is 1. The number of methoxy groups -OCH3 is 1. The third-order valence-electron chi connectivity index (χ3n) is 2.11. The molecule has 0 aromatic heterocycles. The molecule has 1 saturated carbocycles. The molecule has 3 nitrogen and oxygen atoms in total. The predicted octanol–water partition coefficient (Wildman–Crippen LogP) is 1.73. The van der Waals surface area contributed by atoms with E-state index >= 15 is 0 Å². The maximum absolute atomic E-state index is 9.96. The van der Waals surface area contributed by atoms with E-state index in [9.17, 15) is 4.79 Å². The van der Waals surface area contributed by atoms with Crippen LogP contribution in [0.25, 0.3) is 0 Å². The molecule has 1 aliphatic carbocycles. The molecule has 1 rings (SSSR count). The summed E-state index contributed by atoms with van der Waals surface area (Å²) >= 11 is 0. The minimum absolute atomic E-state index is 0. The van der Waals surface area contributed by atoms with Crippen LogP contribution in [0.4, 0.5) is 0 Å². The quantitative estimate of drug-likeness (QED) is 0.670. The van der Waals surface area contributed by atoms with E-state index in [0.29, 0.717) is 17.9 Å². The van der Waals surface area contributed by atoms with Gasteiger partial charge in [0, 0.05) is 12.5 Å². The van der Waals surface area contributed by atoms with Gasteiger partial charge in [0.2, 0.25) is 0 Å². The molecule has 0 amide bonds. The van der Waals surface area contributed by atoms with Crippen molar-refractivity contribution in [3.8, 4) is 0 Å². The van der Waals surface area contributed by atoms with Crippen LogP contribution in [0.15, 0.2) is 0 Å². The summed E-state index contributed by atoms with van der Waals surface area (Å²) in [4.78, 5) is 9.96. The van der Waals surface area contributed by atoms with Gasteiger partial charge in [0.25, 0.3) is 0 Å². The molecule has 0 heterocycles. The summed E-state index contributed by atoms with van der Waals surface area (Å²) in [5.74, 6) is -0.157. The lowest BCUT2D eigenvalue weighted by molar-refractivity contribution is -0.140. The van der Waals surface area contributed by atoms with E-state index in [1.807, 2.05) is 0 Å². The van der Waals surface area contributed by atoms with Gasteiger partial charge in [0.05, 0.1) is 7.11 Å². The molecule has 0 saturated heterocycles. The number of carbonyl (C=O) groups excluding carboxylic acids is 1. The first-order chi connectivity index (χ1) is 5.44. The maximum Gasteiger partial charge on any atom is 0.305 e. The molecule has 1 unspecified atom stereocenters. The van der Waals surface area contributed by atoms with E-state index in [-0.39, 0.29) is 18.4 Å². The molecule has 2 N–H and O–H groups in total. The van der Waals surface area contributed by atoms with Crippen LogP contribution in [-0.4, -0.2) is 19.1 Å². The van der Waals surface area contributed by atoms with Gasteiger partial charge in [0.1, 0.15) is 0 Å². The Morgan fingerprint density at radius 2 is 1.92 bits per heavy atom. The van der Waals surface area contributed by atoms with Gasteiger partial charge in [-0.15, -0.1) is 12.4 Å². The fourth-order valence-electron chi connectivity index (χ4n) is 0.652. The second kappa shape index (κ2) is 6.22. The normalized spacial score (nSPS) is 21.8. The van der Waals surface area contributed by atoms with Crippen LogP contribution >= 0.6 is 12.4 Å². The first kappa shape index (κ1) is 15.2. The second-order valence-electron chi connectivity index (χ2n) is 3.73. The van der Waals surface area contributed by atoms with Crippen LogP contribution in [-0.2, 0) is 9.53 Å². The van der Waals surface area contributed by atoms with Crippen molar-refractivity contribution in [1.29, 1.82) is 0 Å². The standard InChI is InChI=1S/C5H11N.C4H8O2.ClH/c1-5(2)3-4(5)6;1-3-4(5)6-2;/h4H,3,6H2,1-2H3;3H2,1-2H3;1H. The SMILES string of the molecule is CC1(C)CC1N.CCC(=O)OC.Cl. The number of ether oxygens (including phenoxy) is 1. The second-order valence-corrected chi connectivity index (χ2v) is 3.73. The lowest BCUT2D eigenvalue weighted by Crippen LogP contribution is -2.05. The molecule has 1 fully saturated rings. The van der Waals surface area contributed by atoms with Gasteiger partial charge in [0.15, 0.2) is 0 Å². The van der Waals surface area contributed by atoms with Gasteiger partial charge in [-0.05, 0) is 11.8 Å². The zero-order valence-electron chi connectivity index (χ0n) is 8.79. The van der Waals surface area contributed by atoms with Gasteiger partial charge in [-0.25, -0.2) is 0 Å². The van der Waals surface area contributed by atoms with Gasteiger partial charge in [-0.2, -0.15) is 0 Å². The number of nitrogens with two attached hydrogens (primary N) is 1. The first-order valence-corrected chi connectivity index (χ1v) is 4.26. The summed E-state index contributed by atoms with van der Waals surface area (Å²) in [6.07, 6.45) is 1.68. The van der Waals surface area contributed by atoms with Crippen molar-refractivity contribution in [3.05, 3.63) is 0 Å². The number of esters is 1. The molecule has 0 aliphatic heterocycles. The number of hydrogen-bond donors (Lipinski definition) is 1. The van der Waals surface area contributed by atoms with Crippen molar-refractivity contribution in [1.82, 2.24) is 0 Å². The third-order valence-corrected chi connectivity index (χ3v) is 2.11. The molecule has 0 radical (unpaired) electrons. The predicted molar refractivity (Wildman–Crippen MR) is 55.9 cm³/mol. The average Bonchev–Trinajstić information content (AvgIpc) is 2.56. The van der Waals surface area contributed by atoms with Crippen LogP contribution in [0.2, 0.25) is 0 Å². The zero-order valence-corrected chi connectivity index (χ0v) is 9.61. The maximum atomic E-state index is 9.96. The van der Waals surface area contributed by atoms with Gasteiger partial charge in [-0.1, -0.05) is 20.8 Å². The van der Waals surface area contributed by atoms with Crippen LogP contribution in [0.1, 0.15) is 33.6 Å². The smallest absolute Gasteiger partial charge is 0.305 e. The Kier molecular flexibility index (Phi) is 7.27. The largest absolute Gasteiger partial charge is 0.469 e. The zero-order chi connectivity index (χ0) is 9.78. The van der Waals surface area contributed by atoms with Crippen molar-refractivity contribution in [3.63, 3.8) is 0 Å². The molecular weight excluding hydrogens is 190 g/mol. The molecule has 1 aliphatic rings. The van der Waals surface area contributed by atoms with E-state index in [2.05, 4.69) is 18.6 Å². The molecule has 80 valence electrons. The molecule has 0 spiro atoms. The molecule has 0 aromatic rings. The summed E-state index contributed by atoms with van der Waals surface area (Å²) in [6, 6.07) is 0.498.